The molecule has 0 aliphatic carbocycles. The molecule has 218 valence electrons. The zero-order chi connectivity index (χ0) is 28.7. The molecule has 0 unspecified atom stereocenters. The minimum atomic E-state index is -3.91. The molecule has 1 fully saturated rings. The van der Waals surface area contributed by atoms with E-state index in [9.17, 15) is 22.7 Å². The summed E-state index contributed by atoms with van der Waals surface area (Å²) in [6.07, 6.45) is 1.28. The first-order chi connectivity index (χ1) is 19.2. The van der Waals surface area contributed by atoms with Gasteiger partial charge in [-0.05, 0) is 55.1 Å². The van der Waals surface area contributed by atoms with Crippen molar-refractivity contribution in [2.75, 3.05) is 66.6 Å². The molecule has 12 heteroatoms. The van der Waals surface area contributed by atoms with Crippen molar-refractivity contribution < 1.29 is 36.9 Å². The number of sulfonamides is 1. The third-order valence-electron chi connectivity index (χ3n) is 7.05. The van der Waals surface area contributed by atoms with Crippen molar-refractivity contribution in [3.63, 3.8) is 0 Å². The van der Waals surface area contributed by atoms with E-state index in [2.05, 4.69) is 4.90 Å². The van der Waals surface area contributed by atoms with Crippen LogP contribution in [-0.2, 0) is 24.3 Å². The number of nitrogens with zero attached hydrogens (tertiary/aromatic N) is 3. The molecule has 2 aliphatic heterocycles. The number of hydrogen-bond acceptors (Lipinski definition) is 8. The molecule has 4 rings (SSSR count). The molecule has 0 aromatic heterocycles. The molecule has 0 bridgehead atoms. The number of ether oxygens (including phenoxy) is 3. The van der Waals surface area contributed by atoms with E-state index in [-0.39, 0.29) is 54.6 Å². The maximum Gasteiger partial charge on any atom is 0.288 e. The number of amides is 1. The van der Waals surface area contributed by atoms with E-state index < -0.39 is 16.3 Å². The highest BCUT2D eigenvalue weighted by atomic mass is 32.2. The number of piperazine rings is 1. The first-order valence-electron chi connectivity index (χ1n) is 13.2. The number of aliphatic hydroxyl groups is 1. The van der Waals surface area contributed by atoms with Gasteiger partial charge in [-0.15, -0.1) is 0 Å². The molecule has 2 heterocycles. The normalized spacial score (nSPS) is 20.2. The van der Waals surface area contributed by atoms with E-state index in [0.29, 0.717) is 25.3 Å². The van der Waals surface area contributed by atoms with E-state index in [1.807, 2.05) is 7.05 Å². The van der Waals surface area contributed by atoms with Crippen molar-refractivity contribution in [2.45, 2.75) is 23.5 Å². The van der Waals surface area contributed by atoms with Gasteiger partial charge < -0.3 is 29.1 Å². The van der Waals surface area contributed by atoms with Crippen LogP contribution in [0.15, 0.2) is 65.3 Å². The van der Waals surface area contributed by atoms with Crippen LogP contribution in [0.5, 0.6) is 5.75 Å². The van der Waals surface area contributed by atoms with Gasteiger partial charge in [0, 0.05) is 51.6 Å². The maximum absolute atomic E-state index is 13.6. The topological polar surface area (TPSA) is 109 Å². The summed E-state index contributed by atoms with van der Waals surface area (Å²) in [6, 6.07) is 12.1. The predicted octanol–water partition coefficient (Wildman–Crippen LogP) is 2.02. The second-order valence-corrected chi connectivity index (χ2v) is 11.7. The van der Waals surface area contributed by atoms with Crippen molar-refractivity contribution in [1.82, 2.24) is 14.1 Å². The van der Waals surface area contributed by atoms with Crippen molar-refractivity contribution in [3.05, 3.63) is 71.7 Å². The van der Waals surface area contributed by atoms with E-state index in [1.54, 1.807) is 35.2 Å². The van der Waals surface area contributed by atoms with E-state index in [0.717, 1.165) is 23.0 Å². The van der Waals surface area contributed by atoms with E-state index >= 15 is 0 Å². The lowest BCUT2D eigenvalue weighted by molar-refractivity contribution is -0.153. The summed E-state index contributed by atoms with van der Waals surface area (Å²) in [5.41, 5.74) is 0.811. The summed E-state index contributed by atoms with van der Waals surface area (Å²) >= 11 is 0. The van der Waals surface area contributed by atoms with Gasteiger partial charge in [0.1, 0.15) is 11.6 Å². The molecule has 2 aromatic carbocycles. The molecule has 10 nitrogen and oxygen atoms in total. The Morgan fingerprint density at radius 3 is 2.38 bits per heavy atom. The van der Waals surface area contributed by atoms with Crippen molar-refractivity contribution in [1.29, 1.82) is 0 Å². The van der Waals surface area contributed by atoms with Gasteiger partial charge in [0.05, 0.1) is 25.2 Å². The first kappa shape index (κ1) is 29.9. The molecular weight excluding hydrogens is 541 g/mol. The Kier molecular flexibility index (Phi) is 10.1. The number of likely N-dealkylation sites (N-methyl/N-ethyl adjacent to an activating group) is 1. The van der Waals surface area contributed by atoms with Crippen LogP contribution in [-0.4, -0.2) is 106 Å². The number of carbonyl (C=O) groups excluding carboxylic acids is 1. The Hall–Kier alpha value is -3.03. The summed E-state index contributed by atoms with van der Waals surface area (Å²) in [4.78, 5) is 17.3. The van der Waals surface area contributed by atoms with Crippen molar-refractivity contribution >= 4 is 15.9 Å². The number of hydrogen-bond donors (Lipinski definition) is 1. The second kappa shape index (κ2) is 13.6. The smallest absolute Gasteiger partial charge is 0.288 e. The molecule has 1 N–H and O–H groups in total. The fraction of sp³-hybridized carbons (Fsp3) is 0.464. The summed E-state index contributed by atoms with van der Waals surface area (Å²) in [6.45, 7) is 2.09. The predicted molar refractivity (Wildman–Crippen MR) is 146 cm³/mol. The minimum Gasteiger partial charge on any atom is -0.497 e. The number of carbonyl (C=O) groups is 1. The van der Waals surface area contributed by atoms with Crippen LogP contribution in [0.2, 0.25) is 0 Å². The highest BCUT2D eigenvalue weighted by Crippen LogP contribution is 2.32. The molecule has 0 spiro atoms. The Morgan fingerprint density at radius 2 is 1.75 bits per heavy atom. The molecule has 1 saturated heterocycles. The summed E-state index contributed by atoms with van der Waals surface area (Å²) in [5.74, 6) is -0.174. The molecule has 40 heavy (non-hydrogen) atoms. The summed E-state index contributed by atoms with van der Waals surface area (Å²) in [7, 11) is -0.413. The third-order valence-corrected chi connectivity index (χ3v) is 8.96. The SMILES string of the molecule is COc1ccc(S(=O)(=O)N(CCO)CCO[C@H]2C[C@@H](c3ccc(F)cc3)C=C(C(=O)N3CCN(C)CC3)O2)cc1. The zero-order valence-corrected chi connectivity index (χ0v) is 23.6. The number of aliphatic hydroxyl groups excluding tert-OH is 1. The summed E-state index contributed by atoms with van der Waals surface area (Å²) < 4.78 is 58.1. The largest absolute Gasteiger partial charge is 0.497 e. The monoisotopic (exact) mass is 577 g/mol. The van der Waals surface area contributed by atoms with Crippen LogP contribution in [0.1, 0.15) is 17.9 Å². The van der Waals surface area contributed by atoms with Crippen LogP contribution in [0.4, 0.5) is 4.39 Å². The van der Waals surface area contributed by atoms with Crippen LogP contribution in [0, 0.1) is 5.82 Å². The van der Waals surface area contributed by atoms with Crippen molar-refractivity contribution in [3.8, 4) is 5.75 Å². The van der Waals surface area contributed by atoms with Gasteiger partial charge in [-0.2, -0.15) is 4.31 Å². The third kappa shape index (κ3) is 7.38. The fourth-order valence-electron chi connectivity index (χ4n) is 4.66. The quantitative estimate of drug-likeness (QED) is 0.432. The van der Waals surface area contributed by atoms with Gasteiger partial charge in [0.25, 0.3) is 5.91 Å². The standard InChI is InChI=1S/C28H36FN3O7S/c1-30-11-13-31(14-12-30)28(34)26-19-22(21-3-5-23(29)6-4-21)20-27(39-26)38-18-16-32(15-17-33)40(35,36)25-9-7-24(37-2)8-10-25/h3-10,19,22,27,33H,11-18,20H2,1-2H3/t22-,27+/m0/s1. The van der Waals surface area contributed by atoms with Gasteiger partial charge in [0.2, 0.25) is 16.3 Å². The molecule has 2 atom stereocenters. The molecular formula is C28H36FN3O7S. The van der Waals surface area contributed by atoms with Crippen LogP contribution >= 0.6 is 0 Å². The number of benzene rings is 2. The molecule has 0 saturated carbocycles. The van der Waals surface area contributed by atoms with E-state index in [4.69, 9.17) is 14.2 Å². The molecule has 1 amide bonds. The molecule has 0 radical (unpaired) electrons. The van der Waals surface area contributed by atoms with Gasteiger partial charge in [0.15, 0.2) is 5.76 Å². The average molecular weight is 578 g/mol. The van der Waals surface area contributed by atoms with Gasteiger partial charge in [-0.25, -0.2) is 12.8 Å². The van der Waals surface area contributed by atoms with E-state index in [1.165, 1.54) is 31.4 Å². The maximum atomic E-state index is 13.6. The Balaban J connectivity index is 1.46. The second-order valence-electron chi connectivity index (χ2n) is 9.74. The highest BCUT2D eigenvalue weighted by Gasteiger charge is 2.32. The lowest BCUT2D eigenvalue weighted by Gasteiger charge is -2.35. The zero-order valence-electron chi connectivity index (χ0n) is 22.7. The number of allylic oxidation sites excluding steroid dienone is 1. The average Bonchev–Trinajstić information content (AvgIpc) is 2.97. The minimum absolute atomic E-state index is 0.0355. The Labute approximate surface area is 234 Å². The van der Waals surface area contributed by atoms with Crippen LogP contribution in [0.25, 0.3) is 0 Å². The highest BCUT2D eigenvalue weighted by molar-refractivity contribution is 7.89. The fourth-order valence-corrected chi connectivity index (χ4v) is 6.08. The van der Waals surface area contributed by atoms with Crippen molar-refractivity contribution in [2.24, 2.45) is 0 Å². The lowest BCUT2D eigenvalue weighted by Crippen LogP contribution is -2.48. The number of rotatable bonds is 11. The van der Waals surface area contributed by atoms with Crippen LogP contribution < -0.4 is 4.74 Å². The summed E-state index contributed by atoms with van der Waals surface area (Å²) in [5, 5.41) is 9.52. The molecule has 2 aromatic rings. The van der Waals surface area contributed by atoms with Gasteiger partial charge >= 0.3 is 0 Å². The number of halogens is 1. The van der Waals surface area contributed by atoms with Gasteiger partial charge in [-0.3, -0.25) is 4.79 Å². The molecule has 2 aliphatic rings. The van der Waals surface area contributed by atoms with Gasteiger partial charge in [-0.1, -0.05) is 12.1 Å². The number of methoxy groups -OCH3 is 1. The lowest BCUT2D eigenvalue weighted by atomic mass is 9.93. The Morgan fingerprint density at radius 1 is 1.07 bits per heavy atom. The first-order valence-corrected chi connectivity index (χ1v) is 14.6. The van der Waals surface area contributed by atoms with Crippen LogP contribution in [0.3, 0.4) is 0 Å². The Bertz CT molecular complexity index is 1260.